The van der Waals surface area contributed by atoms with E-state index in [0.29, 0.717) is 5.69 Å². The van der Waals surface area contributed by atoms with Gasteiger partial charge in [-0.25, -0.2) is 8.42 Å². The minimum absolute atomic E-state index is 0.000702. The first-order valence-corrected chi connectivity index (χ1v) is 7.48. The van der Waals surface area contributed by atoms with Gasteiger partial charge in [-0.2, -0.15) is 5.10 Å². The first-order chi connectivity index (χ1) is 9.91. The summed E-state index contributed by atoms with van der Waals surface area (Å²) in [5, 5.41) is 12.5. The number of hydrogen-bond donors (Lipinski definition) is 1. The zero-order valence-corrected chi connectivity index (χ0v) is 12.1. The maximum Gasteiger partial charge on any atom is 0.305 e. The first-order valence-electron chi connectivity index (χ1n) is 6.04. The molecular formula is C12H14N4O4S. The topological polar surface area (TPSA) is 105 Å². The molecule has 0 saturated carbocycles. The van der Waals surface area contributed by atoms with Gasteiger partial charge in [0, 0.05) is 19.4 Å². The number of hydrogen-bond acceptors (Lipinski definition) is 5. The molecule has 0 unspecified atom stereocenters. The van der Waals surface area contributed by atoms with Gasteiger partial charge < -0.3 is 5.11 Å². The van der Waals surface area contributed by atoms with Gasteiger partial charge >= 0.3 is 5.97 Å². The lowest BCUT2D eigenvalue weighted by Gasteiger charge is -2.17. The van der Waals surface area contributed by atoms with Gasteiger partial charge in [-0.05, 0) is 12.1 Å². The van der Waals surface area contributed by atoms with Crippen molar-refractivity contribution < 1.29 is 18.3 Å². The van der Waals surface area contributed by atoms with Crippen LogP contribution in [0.2, 0.25) is 0 Å². The van der Waals surface area contributed by atoms with E-state index in [4.69, 9.17) is 5.11 Å². The second-order valence-corrected chi connectivity index (χ2v) is 6.24. The van der Waals surface area contributed by atoms with Gasteiger partial charge in [-0.3, -0.25) is 18.8 Å². The molecule has 1 N–H and O–H groups in total. The molecular weight excluding hydrogens is 296 g/mol. The van der Waals surface area contributed by atoms with Gasteiger partial charge in [0.2, 0.25) is 0 Å². The minimum atomic E-state index is -3.75. The maximum absolute atomic E-state index is 12.4. The smallest absolute Gasteiger partial charge is 0.305 e. The van der Waals surface area contributed by atoms with Crippen LogP contribution in [0.1, 0.15) is 6.42 Å². The second kappa shape index (κ2) is 5.92. The highest BCUT2D eigenvalue weighted by molar-refractivity contribution is 7.92. The molecule has 0 saturated heterocycles. The van der Waals surface area contributed by atoms with E-state index in [1.807, 2.05) is 0 Å². The zero-order valence-electron chi connectivity index (χ0n) is 11.2. The molecule has 2 aromatic rings. The number of carboxylic acid groups (broad SMARTS) is 1. The Labute approximate surface area is 121 Å². The normalized spacial score (nSPS) is 11.3. The van der Waals surface area contributed by atoms with Crippen molar-refractivity contribution in [2.24, 2.45) is 0 Å². The van der Waals surface area contributed by atoms with Crippen LogP contribution in [0.4, 0.5) is 5.69 Å². The molecule has 0 aliphatic rings. The number of pyridine rings is 1. The number of aliphatic carboxylic acids is 1. The molecule has 0 atom stereocenters. The van der Waals surface area contributed by atoms with Crippen LogP contribution in [0, 0.1) is 0 Å². The van der Waals surface area contributed by atoms with Crippen molar-refractivity contribution in [3.8, 4) is 0 Å². The molecule has 9 heteroatoms. The Morgan fingerprint density at radius 1 is 1.43 bits per heavy atom. The Kier molecular flexibility index (Phi) is 4.22. The lowest BCUT2D eigenvalue weighted by atomic mass is 10.4. The summed E-state index contributed by atoms with van der Waals surface area (Å²) in [4.78, 5) is 14.4. The average Bonchev–Trinajstić information content (AvgIpc) is 2.95. The summed E-state index contributed by atoms with van der Waals surface area (Å²) in [6.07, 6.45) is 5.37. The maximum atomic E-state index is 12.4. The highest BCUT2D eigenvalue weighted by atomic mass is 32.2. The lowest BCUT2D eigenvalue weighted by Crippen LogP contribution is -2.26. The fourth-order valence-electron chi connectivity index (χ4n) is 1.65. The van der Waals surface area contributed by atoms with E-state index in [0.717, 1.165) is 4.31 Å². The molecule has 0 aromatic carbocycles. The van der Waals surface area contributed by atoms with Gasteiger partial charge in [0.1, 0.15) is 4.90 Å². The summed E-state index contributed by atoms with van der Waals surface area (Å²) >= 11 is 0. The number of aromatic nitrogens is 3. The van der Waals surface area contributed by atoms with Crippen LogP contribution < -0.4 is 4.31 Å². The Bertz CT molecular complexity index is 727. The number of rotatable bonds is 6. The molecule has 2 heterocycles. The average molecular weight is 310 g/mol. The van der Waals surface area contributed by atoms with E-state index < -0.39 is 16.0 Å². The number of carbonyl (C=O) groups is 1. The summed E-state index contributed by atoms with van der Waals surface area (Å²) in [6, 6.07) is 3.26. The third-order valence-electron chi connectivity index (χ3n) is 2.83. The molecule has 0 aliphatic carbocycles. The molecule has 21 heavy (non-hydrogen) atoms. The summed E-state index contributed by atoms with van der Waals surface area (Å²) in [7, 11) is -2.33. The molecule has 0 radical (unpaired) electrons. The summed E-state index contributed by atoms with van der Waals surface area (Å²) in [5.41, 5.74) is 0.427. The van der Waals surface area contributed by atoms with Gasteiger partial charge in [0.05, 0.1) is 31.0 Å². The van der Waals surface area contributed by atoms with Crippen molar-refractivity contribution in [3.05, 3.63) is 36.9 Å². The van der Waals surface area contributed by atoms with E-state index in [9.17, 15) is 13.2 Å². The predicted molar refractivity (Wildman–Crippen MR) is 74.3 cm³/mol. The summed E-state index contributed by atoms with van der Waals surface area (Å²) in [6.45, 7) is 0.113. The molecule has 112 valence electrons. The molecule has 0 fully saturated rings. The highest BCUT2D eigenvalue weighted by Crippen LogP contribution is 2.20. The van der Waals surface area contributed by atoms with Gasteiger partial charge in [-0.15, -0.1) is 0 Å². The molecule has 2 aromatic heterocycles. The van der Waals surface area contributed by atoms with Crippen molar-refractivity contribution in [1.29, 1.82) is 0 Å². The number of anilines is 1. The summed E-state index contributed by atoms with van der Waals surface area (Å²) < 4.78 is 27.2. The van der Waals surface area contributed by atoms with Crippen LogP contribution in [0.15, 0.2) is 41.8 Å². The van der Waals surface area contributed by atoms with Crippen LogP contribution in [0.25, 0.3) is 0 Å². The first kappa shape index (κ1) is 15.0. The van der Waals surface area contributed by atoms with Crippen molar-refractivity contribution in [2.75, 3.05) is 11.4 Å². The van der Waals surface area contributed by atoms with Crippen LogP contribution in [-0.2, 0) is 21.4 Å². The van der Waals surface area contributed by atoms with Gasteiger partial charge in [0.25, 0.3) is 10.0 Å². The highest BCUT2D eigenvalue weighted by Gasteiger charge is 2.23. The molecule has 0 spiro atoms. The minimum Gasteiger partial charge on any atom is -0.481 e. The second-order valence-electron chi connectivity index (χ2n) is 4.27. The van der Waals surface area contributed by atoms with Crippen molar-refractivity contribution >= 4 is 21.7 Å². The van der Waals surface area contributed by atoms with Crippen molar-refractivity contribution in [1.82, 2.24) is 14.8 Å². The van der Waals surface area contributed by atoms with Crippen LogP contribution in [0.5, 0.6) is 0 Å². The Hall–Kier alpha value is -2.42. The van der Waals surface area contributed by atoms with E-state index in [1.54, 1.807) is 18.3 Å². The SMILES string of the molecule is CN(c1cccnc1)S(=O)(=O)c1cnn(CCC(=O)O)c1. The van der Waals surface area contributed by atoms with Gasteiger partial charge in [-0.1, -0.05) is 0 Å². The van der Waals surface area contributed by atoms with Gasteiger partial charge in [0.15, 0.2) is 0 Å². The standard InChI is InChI=1S/C12H14N4O4S/c1-15(10-3-2-5-13-7-10)21(19,20)11-8-14-16(9-11)6-4-12(17)18/h2-3,5,7-9H,4,6H2,1H3,(H,17,18). The lowest BCUT2D eigenvalue weighted by molar-refractivity contribution is -0.137. The predicted octanol–water partition coefficient (Wildman–Crippen LogP) is 0.578. The molecule has 0 aliphatic heterocycles. The Balaban J connectivity index is 2.22. The molecule has 8 nitrogen and oxygen atoms in total. The van der Waals surface area contributed by atoms with E-state index in [2.05, 4.69) is 10.1 Å². The van der Waals surface area contributed by atoms with E-state index >= 15 is 0 Å². The molecule has 0 bridgehead atoms. The fourth-order valence-corrected chi connectivity index (χ4v) is 2.78. The quantitative estimate of drug-likeness (QED) is 0.836. The fraction of sp³-hybridized carbons (Fsp3) is 0.250. The van der Waals surface area contributed by atoms with E-state index in [1.165, 1.54) is 30.3 Å². The van der Waals surface area contributed by atoms with Crippen molar-refractivity contribution in [3.63, 3.8) is 0 Å². The third-order valence-corrected chi connectivity index (χ3v) is 4.57. The monoisotopic (exact) mass is 310 g/mol. The number of carboxylic acids is 1. The van der Waals surface area contributed by atoms with Crippen LogP contribution >= 0.6 is 0 Å². The van der Waals surface area contributed by atoms with Crippen LogP contribution in [0.3, 0.4) is 0 Å². The largest absolute Gasteiger partial charge is 0.481 e. The van der Waals surface area contributed by atoms with Crippen LogP contribution in [-0.4, -0.2) is 41.3 Å². The molecule has 0 amide bonds. The summed E-state index contributed by atoms with van der Waals surface area (Å²) in [5.74, 6) is -0.970. The number of aryl methyl sites for hydroxylation is 1. The van der Waals surface area contributed by atoms with Crippen molar-refractivity contribution in [2.45, 2.75) is 17.9 Å². The number of sulfonamides is 1. The zero-order chi connectivity index (χ0) is 15.5. The molecule has 2 rings (SSSR count). The Morgan fingerprint density at radius 3 is 2.81 bits per heavy atom. The number of nitrogens with zero attached hydrogens (tertiary/aromatic N) is 4. The third kappa shape index (κ3) is 3.37. The Morgan fingerprint density at radius 2 is 2.19 bits per heavy atom. The van der Waals surface area contributed by atoms with E-state index in [-0.39, 0.29) is 17.9 Å².